The number of methoxy groups -OCH3 is 2. The summed E-state index contributed by atoms with van der Waals surface area (Å²) in [5.41, 5.74) is 1.93. The van der Waals surface area contributed by atoms with Crippen molar-refractivity contribution in [2.45, 2.75) is 6.42 Å². The van der Waals surface area contributed by atoms with E-state index >= 15 is 0 Å². The number of rotatable bonds is 9. The molecule has 0 bridgehead atoms. The molecule has 0 aromatic heterocycles. The normalized spacial score (nSPS) is 14.4. The second-order valence-corrected chi connectivity index (χ2v) is 8.25. The second kappa shape index (κ2) is 11.2. The van der Waals surface area contributed by atoms with Crippen molar-refractivity contribution in [1.29, 1.82) is 0 Å². The van der Waals surface area contributed by atoms with Crippen molar-refractivity contribution in [3.05, 3.63) is 71.8 Å². The Morgan fingerprint density at radius 2 is 1.58 bits per heavy atom. The molecule has 1 saturated heterocycles. The molecule has 3 aromatic rings. The maximum absolute atomic E-state index is 12.9. The van der Waals surface area contributed by atoms with Gasteiger partial charge in [0.25, 0.3) is 5.91 Å². The van der Waals surface area contributed by atoms with E-state index in [9.17, 15) is 4.79 Å². The van der Waals surface area contributed by atoms with Crippen LogP contribution in [-0.4, -0.2) is 75.9 Å². The van der Waals surface area contributed by atoms with Gasteiger partial charge in [0.05, 0.1) is 27.4 Å². The third-order valence-corrected chi connectivity index (χ3v) is 6.19. The monoisotopic (exact) mass is 448 g/mol. The lowest BCUT2D eigenvalue weighted by Crippen LogP contribution is -2.49. The fourth-order valence-electron chi connectivity index (χ4n) is 4.21. The van der Waals surface area contributed by atoms with Crippen LogP contribution in [0.5, 0.6) is 11.5 Å². The van der Waals surface area contributed by atoms with Crippen molar-refractivity contribution in [3.63, 3.8) is 0 Å². The van der Waals surface area contributed by atoms with Crippen LogP contribution in [0.3, 0.4) is 0 Å². The van der Waals surface area contributed by atoms with Crippen LogP contribution in [0, 0.1) is 0 Å². The lowest BCUT2D eigenvalue weighted by atomic mass is 10.1. The molecule has 0 aliphatic carbocycles. The molecule has 1 amide bonds. The summed E-state index contributed by atoms with van der Waals surface area (Å²) in [6, 6.07) is 20.3. The number of ether oxygens (including phenoxy) is 3. The number of nitrogens with zero attached hydrogens (tertiary/aromatic N) is 2. The van der Waals surface area contributed by atoms with E-state index in [1.165, 1.54) is 16.3 Å². The Bertz CT molecular complexity index is 1080. The molecule has 1 heterocycles. The zero-order valence-electron chi connectivity index (χ0n) is 19.5. The van der Waals surface area contributed by atoms with E-state index < -0.39 is 0 Å². The summed E-state index contributed by atoms with van der Waals surface area (Å²) in [6.07, 6.45) is 0.915. The van der Waals surface area contributed by atoms with Crippen LogP contribution in [0.15, 0.2) is 60.7 Å². The van der Waals surface area contributed by atoms with Crippen LogP contribution < -0.4 is 9.47 Å². The Hall–Kier alpha value is -3.09. The number of piperazine rings is 1. The Labute approximate surface area is 195 Å². The highest BCUT2D eigenvalue weighted by Gasteiger charge is 2.22. The minimum absolute atomic E-state index is 0.0299. The van der Waals surface area contributed by atoms with E-state index in [-0.39, 0.29) is 5.91 Å². The molecular weight excluding hydrogens is 416 g/mol. The van der Waals surface area contributed by atoms with Crippen LogP contribution in [0.2, 0.25) is 0 Å². The van der Waals surface area contributed by atoms with Crippen molar-refractivity contribution < 1.29 is 19.0 Å². The fourth-order valence-corrected chi connectivity index (χ4v) is 4.21. The predicted octanol–water partition coefficient (Wildman–Crippen LogP) is 3.87. The Kier molecular flexibility index (Phi) is 7.81. The Balaban J connectivity index is 1.17. The largest absolute Gasteiger partial charge is 0.493 e. The highest BCUT2D eigenvalue weighted by molar-refractivity contribution is 5.95. The van der Waals surface area contributed by atoms with Crippen molar-refractivity contribution in [1.82, 2.24) is 9.80 Å². The van der Waals surface area contributed by atoms with Gasteiger partial charge in [-0.2, -0.15) is 0 Å². The van der Waals surface area contributed by atoms with E-state index in [0.717, 1.165) is 32.7 Å². The van der Waals surface area contributed by atoms with Gasteiger partial charge >= 0.3 is 0 Å². The molecule has 1 fully saturated rings. The second-order valence-electron chi connectivity index (χ2n) is 8.25. The number of fused-ring (bicyclic) bond motifs is 1. The Morgan fingerprint density at radius 1 is 0.818 bits per heavy atom. The van der Waals surface area contributed by atoms with Crippen molar-refractivity contribution >= 4 is 16.7 Å². The van der Waals surface area contributed by atoms with Gasteiger partial charge in [-0.1, -0.05) is 42.5 Å². The SMILES string of the molecule is COc1ccc(C(=O)N2CCN(CCOCCc3ccc4ccccc4c3)CC2)cc1OC. The van der Waals surface area contributed by atoms with Gasteiger partial charge in [-0.3, -0.25) is 9.69 Å². The average molecular weight is 449 g/mol. The molecule has 1 aliphatic heterocycles. The topological polar surface area (TPSA) is 51.2 Å². The molecule has 4 rings (SSSR count). The van der Waals surface area contributed by atoms with Gasteiger partial charge < -0.3 is 19.1 Å². The first kappa shape index (κ1) is 23.1. The number of amides is 1. The van der Waals surface area contributed by atoms with Crippen molar-refractivity contribution in [2.75, 3.05) is 60.2 Å². The lowest BCUT2D eigenvalue weighted by molar-refractivity contribution is 0.0554. The van der Waals surface area contributed by atoms with E-state index in [0.29, 0.717) is 36.8 Å². The molecule has 0 saturated carbocycles. The summed E-state index contributed by atoms with van der Waals surface area (Å²) in [7, 11) is 3.17. The predicted molar refractivity (Wildman–Crippen MR) is 130 cm³/mol. The van der Waals surface area contributed by atoms with Gasteiger partial charge in [0, 0.05) is 38.3 Å². The quantitative estimate of drug-likeness (QED) is 0.465. The number of carbonyl (C=O) groups excluding carboxylic acids is 1. The zero-order chi connectivity index (χ0) is 23.0. The van der Waals surface area contributed by atoms with Gasteiger partial charge in [-0.25, -0.2) is 0 Å². The Morgan fingerprint density at radius 3 is 2.33 bits per heavy atom. The standard InChI is InChI=1S/C27H32N2O4/c1-31-25-10-9-24(20-26(25)32-2)27(30)29-14-12-28(13-15-29)16-18-33-17-11-21-7-8-22-5-3-4-6-23(22)19-21/h3-10,19-20H,11-18H2,1-2H3. The van der Waals surface area contributed by atoms with Crippen LogP contribution in [0.4, 0.5) is 0 Å². The van der Waals surface area contributed by atoms with Crippen molar-refractivity contribution in [2.24, 2.45) is 0 Å². The molecule has 0 N–H and O–H groups in total. The average Bonchev–Trinajstić information content (AvgIpc) is 2.88. The maximum atomic E-state index is 12.9. The first-order valence-corrected chi connectivity index (χ1v) is 11.5. The molecule has 33 heavy (non-hydrogen) atoms. The van der Waals surface area contributed by atoms with Gasteiger partial charge in [0.2, 0.25) is 0 Å². The summed E-state index contributed by atoms with van der Waals surface area (Å²) in [5.74, 6) is 1.23. The highest BCUT2D eigenvalue weighted by atomic mass is 16.5. The first-order chi connectivity index (χ1) is 16.2. The van der Waals surface area contributed by atoms with Crippen LogP contribution in [0.25, 0.3) is 10.8 Å². The van der Waals surface area contributed by atoms with Gasteiger partial charge in [0.1, 0.15) is 0 Å². The van der Waals surface area contributed by atoms with Gasteiger partial charge in [-0.05, 0) is 41.0 Å². The minimum atomic E-state index is 0.0299. The van der Waals surface area contributed by atoms with Gasteiger partial charge in [-0.15, -0.1) is 0 Å². The van der Waals surface area contributed by atoms with Crippen molar-refractivity contribution in [3.8, 4) is 11.5 Å². The van der Waals surface area contributed by atoms with E-state index in [1.807, 2.05) is 4.90 Å². The molecule has 1 aliphatic rings. The molecule has 0 spiro atoms. The number of hydrogen-bond acceptors (Lipinski definition) is 5. The number of carbonyl (C=O) groups is 1. The molecule has 0 atom stereocenters. The van der Waals surface area contributed by atoms with Crippen LogP contribution in [0.1, 0.15) is 15.9 Å². The smallest absolute Gasteiger partial charge is 0.254 e. The molecule has 174 valence electrons. The van der Waals surface area contributed by atoms with Gasteiger partial charge in [0.15, 0.2) is 11.5 Å². The summed E-state index contributed by atoms with van der Waals surface area (Å²) in [6.45, 7) is 5.44. The molecule has 0 radical (unpaired) electrons. The van der Waals surface area contributed by atoms with E-state index in [1.54, 1.807) is 32.4 Å². The lowest BCUT2D eigenvalue weighted by Gasteiger charge is -2.34. The maximum Gasteiger partial charge on any atom is 0.254 e. The molecule has 6 heteroatoms. The molecule has 6 nitrogen and oxygen atoms in total. The minimum Gasteiger partial charge on any atom is -0.493 e. The summed E-state index contributed by atoms with van der Waals surface area (Å²) < 4.78 is 16.5. The number of hydrogen-bond donors (Lipinski definition) is 0. The fraction of sp³-hybridized carbons (Fsp3) is 0.370. The summed E-state index contributed by atoms with van der Waals surface area (Å²) >= 11 is 0. The van der Waals surface area contributed by atoms with E-state index in [2.05, 4.69) is 47.4 Å². The first-order valence-electron chi connectivity index (χ1n) is 11.5. The van der Waals surface area contributed by atoms with E-state index in [4.69, 9.17) is 14.2 Å². The molecule has 0 unspecified atom stereocenters. The highest BCUT2D eigenvalue weighted by Crippen LogP contribution is 2.28. The molecule has 3 aromatic carbocycles. The third kappa shape index (κ3) is 5.83. The van der Waals surface area contributed by atoms with Crippen LogP contribution >= 0.6 is 0 Å². The zero-order valence-corrected chi connectivity index (χ0v) is 19.5. The third-order valence-electron chi connectivity index (χ3n) is 6.19. The summed E-state index contributed by atoms with van der Waals surface area (Å²) in [5, 5.41) is 2.54. The summed E-state index contributed by atoms with van der Waals surface area (Å²) in [4.78, 5) is 17.1. The number of benzene rings is 3. The van der Waals surface area contributed by atoms with Crippen LogP contribution in [-0.2, 0) is 11.2 Å². The molecular formula is C27H32N2O4.